The minimum absolute atomic E-state index is 0.434. The van der Waals surface area contributed by atoms with Crippen molar-refractivity contribution in [2.75, 3.05) is 11.9 Å². The van der Waals surface area contributed by atoms with Gasteiger partial charge in [0.2, 0.25) is 0 Å². The number of hydrogen-bond acceptors (Lipinski definition) is 3. The van der Waals surface area contributed by atoms with Crippen LogP contribution in [-0.2, 0) is 0 Å². The van der Waals surface area contributed by atoms with E-state index in [1.54, 1.807) is 6.21 Å². The Hall–Kier alpha value is -2.92. The van der Waals surface area contributed by atoms with Crippen molar-refractivity contribution in [2.24, 2.45) is 5.10 Å². The SMILES string of the molecule is CCCOc1ccc2ccccc2c1/C=N/NC(=S)Nc1ccccc1. The zero-order valence-electron chi connectivity index (χ0n) is 14.6. The third-order valence-electron chi connectivity index (χ3n) is 3.78. The summed E-state index contributed by atoms with van der Waals surface area (Å²) in [7, 11) is 0. The van der Waals surface area contributed by atoms with Gasteiger partial charge in [-0.3, -0.25) is 5.43 Å². The van der Waals surface area contributed by atoms with E-state index in [-0.39, 0.29) is 0 Å². The fourth-order valence-corrected chi connectivity index (χ4v) is 2.75. The zero-order chi connectivity index (χ0) is 18.2. The molecule has 0 saturated carbocycles. The van der Waals surface area contributed by atoms with Crippen LogP contribution in [0.5, 0.6) is 5.75 Å². The Morgan fingerprint density at radius 2 is 1.81 bits per heavy atom. The van der Waals surface area contributed by atoms with Crippen LogP contribution in [0.15, 0.2) is 71.8 Å². The number of fused-ring (bicyclic) bond motifs is 1. The molecule has 3 rings (SSSR count). The molecule has 0 bridgehead atoms. The molecule has 3 aromatic carbocycles. The van der Waals surface area contributed by atoms with E-state index in [0.29, 0.717) is 11.7 Å². The van der Waals surface area contributed by atoms with E-state index in [1.165, 1.54) is 0 Å². The normalized spacial score (nSPS) is 10.8. The molecule has 0 spiro atoms. The van der Waals surface area contributed by atoms with Crippen molar-refractivity contribution in [2.45, 2.75) is 13.3 Å². The maximum Gasteiger partial charge on any atom is 0.191 e. The van der Waals surface area contributed by atoms with Crippen LogP contribution < -0.4 is 15.5 Å². The number of benzene rings is 3. The second kappa shape index (κ2) is 8.97. The number of hydrogen-bond donors (Lipinski definition) is 2. The average molecular weight is 363 g/mol. The topological polar surface area (TPSA) is 45.6 Å². The summed E-state index contributed by atoms with van der Waals surface area (Å²) in [4.78, 5) is 0. The number of ether oxygens (including phenoxy) is 1. The Bertz CT molecular complexity index is 910. The molecule has 132 valence electrons. The molecule has 4 nitrogen and oxygen atoms in total. The van der Waals surface area contributed by atoms with Gasteiger partial charge in [0.15, 0.2) is 5.11 Å². The summed E-state index contributed by atoms with van der Waals surface area (Å²) in [6.07, 6.45) is 2.71. The van der Waals surface area contributed by atoms with E-state index in [4.69, 9.17) is 17.0 Å². The van der Waals surface area contributed by atoms with Gasteiger partial charge in [-0.2, -0.15) is 5.10 Å². The van der Waals surface area contributed by atoms with Gasteiger partial charge in [0.25, 0.3) is 0 Å². The summed E-state index contributed by atoms with van der Waals surface area (Å²) in [5.74, 6) is 0.818. The lowest BCUT2D eigenvalue weighted by Crippen LogP contribution is -2.23. The molecule has 26 heavy (non-hydrogen) atoms. The fraction of sp³-hybridized carbons (Fsp3) is 0.143. The van der Waals surface area contributed by atoms with Gasteiger partial charge in [-0.15, -0.1) is 0 Å². The van der Waals surface area contributed by atoms with Gasteiger partial charge in [0.05, 0.1) is 12.8 Å². The van der Waals surface area contributed by atoms with Crippen molar-refractivity contribution in [3.8, 4) is 5.75 Å². The lowest BCUT2D eigenvalue weighted by Gasteiger charge is -2.11. The molecule has 0 aromatic heterocycles. The first kappa shape index (κ1) is 17.9. The van der Waals surface area contributed by atoms with Gasteiger partial charge in [-0.05, 0) is 47.6 Å². The van der Waals surface area contributed by atoms with Crippen LogP contribution in [0.4, 0.5) is 5.69 Å². The van der Waals surface area contributed by atoms with E-state index >= 15 is 0 Å². The van der Waals surface area contributed by atoms with Crippen molar-refractivity contribution in [1.82, 2.24) is 5.43 Å². The number of nitrogens with zero attached hydrogens (tertiary/aromatic N) is 1. The van der Waals surface area contributed by atoms with E-state index < -0.39 is 0 Å². The number of para-hydroxylation sites is 1. The highest BCUT2D eigenvalue weighted by molar-refractivity contribution is 7.80. The molecular weight excluding hydrogens is 342 g/mol. The number of anilines is 1. The lowest BCUT2D eigenvalue weighted by atomic mass is 10.0. The van der Waals surface area contributed by atoms with Crippen LogP contribution in [0.3, 0.4) is 0 Å². The number of nitrogens with one attached hydrogen (secondary N) is 2. The molecule has 0 radical (unpaired) electrons. The van der Waals surface area contributed by atoms with Crippen LogP contribution in [0.2, 0.25) is 0 Å². The minimum Gasteiger partial charge on any atom is -0.493 e. The first-order chi connectivity index (χ1) is 12.8. The van der Waals surface area contributed by atoms with Gasteiger partial charge in [0.1, 0.15) is 5.75 Å². The molecule has 0 heterocycles. The lowest BCUT2D eigenvalue weighted by molar-refractivity contribution is 0.317. The summed E-state index contributed by atoms with van der Waals surface area (Å²) in [6, 6.07) is 22.0. The predicted molar refractivity (Wildman–Crippen MR) is 113 cm³/mol. The summed E-state index contributed by atoms with van der Waals surface area (Å²) in [5.41, 5.74) is 4.71. The van der Waals surface area contributed by atoms with Crippen LogP contribution >= 0.6 is 12.2 Å². The average Bonchev–Trinajstić information content (AvgIpc) is 2.68. The van der Waals surface area contributed by atoms with E-state index in [9.17, 15) is 0 Å². The van der Waals surface area contributed by atoms with Gasteiger partial charge in [0, 0.05) is 11.3 Å². The second-order valence-corrected chi connectivity index (χ2v) is 6.15. The Morgan fingerprint density at radius 1 is 1.04 bits per heavy atom. The van der Waals surface area contributed by atoms with Crippen LogP contribution in [0.1, 0.15) is 18.9 Å². The number of hydrazone groups is 1. The summed E-state index contributed by atoms with van der Waals surface area (Å²) in [5, 5.41) is 10.1. The predicted octanol–water partition coefficient (Wildman–Crippen LogP) is 4.95. The smallest absolute Gasteiger partial charge is 0.191 e. The van der Waals surface area contributed by atoms with Crippen molar-refractivity contribution in [3.05, 3.63) is 72.3 Å². The maximum atomic E-state index is 5.88. The Kier molecular flexibility index (Phi) is 6.17. The fourth-order valence-electron chi connectivity index (χ4n) is 2.58. The maximum absolute atomic E-state index is 5.88. The molecule has 0 aliphatic carbocycles. The molecular formula is C21H21N3OS. The van der Waals surface area contributed by atoms with Crippen molar-refractivity contribution < 1.29 is 4.74 Å². The van der Waals surface area contributed by atoms with E-state index in [0.717, 1.165) is 34.2 Å². The van der Waals surface area contributed by atoms with Crippen molar-refractivity contribution in [1.29, 1.82) is 0 Å². The summed E-state index contributed by atoms with van der Waals surface area (Å²) in [6.45, 7) is 2.75. The number of thiocarbonyl (C=S) groups is 1. The number of rotatable bonds is 6. The molecule has 3 aromatic rings. The Balaban J connectivity index is 1.77. The van der Waals surface area contributed by atoms with Crippen molar-refractivity contribution in [3.63, 3.8) is 0 Å². The largest absolute Gasteiger partial charge is 0.493 e. The van der Waals surface area contributed by atoms with Crippen molar-refractivity contribution >= 4 is 40.0 Å². The van der Waals surface area contributed by atoms with Gasteiger partial charge in [-0.25, -0.2) is 0 Å². The second-order valence-electron chi connectivity index (χ2n) is 5.74. The highest BCUT2D eigenvalue weighted by Gasteiger charge is 2.07. The Labute approximate surface area is 158 Å². The zero-order valence-corrected chi connectivity index (χ0v) is 15.4. The summed E-state index contributed by atoms with van der Waals surface area (Å²) < 4.78 is 5.88. The highest BCUT2D eigenvalue weighted by Crippen LogP contribution is 2.26. The molecule has 0 aliphatic rings. The third kappa shape index (κ3) is 4.58. The van der Waals surface area contributed by atoms with Gasteiger partial charge in [-0.1, -0.05) is 55.5 Å². The first-order valence-corrected chi connectivity index (χ1v) is 8.98. The molecule has 5 heteroatoms. The van der Waals surface area contributed by atoms with Crippen LogP contribution in [0.25, 0.3) is 10.8 Å². The molecule has 0 unspecified atom stereocenters. The molecule has 0 amide bonds. The van der Waals surface area contributed by atoms with E-state index in [2.05, 4.69) is 41.0 Å². The summed E-state index contributed by atoms with van der Waals surface area (Å²) >= 11 is 5.28. The van der Waals surface area contributed by atoms with Crippen LogP contribution in [0, 0.1) is 0 Å². The third-order valence-corrected chi connectivity index (χ3v) is 3.98. The van der Waals surface area contributed by atoms with Gasteiger partial charge >= 0.3 is 0 Å². The molecule has 2 N–H and O–H groups in total. The molecule has 0 aliphatic heterocycles. The Morgan fingerprint density at radius 3 is 2.62 bits per heavy atom. The quantitative estimate of drug-likeness (QED) is 0.370. The minimum atomic E-state index is 0.434. The van der Waals surface area contributed by atoms with Gasteiger partial charge < -0.3 is 10.1 Å². The van der Waals surface area contributed by atoms with Crippen LogP contribution in [-0.4, -0.2) is 17.9 Å². The molecule has 0 saturated heterocycles. The first-order valence-electron chi connectivity index (χ1n) is 8.57. The highest BCUT2D eigenvalue weighted by atomic mass is 32.1. The molecule has 0 fully saturated rings. The van der Waals surface area contributed by atoms with E-state index in [1.807, 2.05) is 48.5 Å². The standard InChI is InChI=1S/C21H21N3OS/c1-2-14-25-20-13-12-16-8-6-7-11-18(16)19(20)15-22-24-21(26)23-17-9-4-3-5-10-17/h3-13,15H,2,14H2,1H3,(H2,23,24,26)/b22-15+. The monoisotopic (exact) mass is 363 g/mol. The molecule has 0 atom stereocenters.